The molecule has 1 aliphatic heterocycles. The minimum absolute atomic E-state index is 0.0796. The summed E-state index contributed by atoms with van der Waals surface area (Å²) in [5, 5.41) is 17.7. The van der Waals surface area contributed by atoms with E-state index in [0.717, 1.165) is 19.3 Å². The van der Waals surface area contributed by atoms with Crippen molar-refractivity contribution in [3.05, 3.63) is 60.8 Å². The van der Waals surface area contributed by atoms with Gasteiger partial charge in [0, 0.05) is 12.8 Å². The lowest BCUT2D eigenvalue weighted by atomic mass is 10.0. The molecule has 28 heavy (non-hydrogen) atoms. The standard InChI is InChI=1S/C22H32O6/c1-2-3-4-5-6-7-8-9-10-12-15-19-18-21(28-27-19)20(26-25)16-13-11-14-17-22(23)24/h3-4,6-7,9-13,15,19-21,25H,2,5,8,14,16-18H2,1H3,(H,23,24)/b4-3-,7-6-,10-9+,13-11-,15-12+. The van der Waals surface area contributed by atoms with Crippen LogP contribution in [-0.4, -0.2) is 34.6 Å². The van der Waals surface area contributed by atoms with Crippen LogP contribution in [0, 0.1) is 0 Å². The first-order valence-electron chi connectivity index (χ1n) is 9.79. The normalized spacial score (nSPS) is 21.9. The van der Waals surface area contributed by atoms with E-state index in [-0.39, 0.29) is 18.6 Å². The van der Waals surface area contributed by atoms with E-state index in [4.69, 9.17) is 20.1 Å². The molecule has 0 saturated carbocycles. The predicted octanol–water partition coefficient (Wildman–Crippen LogP) is 5.16. The van der Waals surface area contributed by atoms with E-state index in [1.165, 1.54) is 0 Å². The Kier molecular flexibility index (Phi) is 13.7. The zero-order valence-electron chi connectivity index (χ0n) is 16.5. The van der Waals surface area contributed by atoms with Gasteiger partial charge in [0.1, 0.15) is 18.3 Å². The van der Waals surface area contributed by atoms with E-state index >= 15 is 0 Å². The highest BCUT2D eigenvalue weighted by atomic mass is 17.2. The number of rotatable bonds is 14. The van der Waals surface area contributed by atoms with Crippen molar-refractivity contribution in [1.29, 1.82) is 0 Å². The maximum atomic E-state index is 10.5. The van der Waals surface area contributed by atoms with E-state index in [9.17, 15) is 4.79 Å². The molecular formula is C22H32O6. The first-order valence-corrected chi connectivity index (χ1v) is 9.79. The molecule has 2 N–H and O–H groups in total. The second-order valence-corrected chi connectivity index (χ2v) is 6.42. The van der Waals surface area contributed by atoms with Gasteiger partial charge in [-0.3, -0.25) is 10.1 Å². The van der Waals surface area contributed by atoms with E-state index < -0.39 is 12.1 Å². The summed E-state index contributed by atoms with van der Waals surface area (Å²) in [5.41, 5.74) is 0. The largest absolute Gasteiger partial charge is 0.481 e. The lowest BCUT2D eigenvalue weighted by Gasteiger charge is -2.15. The Balaban J connectivity index is 2.26. The molecule has 3 atom stereocenters. The Hall–Kier alpha value is -1.99. The van der Waals surface area contributed by atoms with E-state index in [2.05, 4.69) is 42.2 Å². The van der Waals surface area contributed by atoms with E-state index in [1.807, 2.05) is 18.2 Å². The van der Waals surface area contributed by atoms with Gasteiger partial charge in [-0.05, 0) is 32.1 Å². The number of carboxylic acids is 1. The summed E-state index contributed by atoms with van der Waals surface area (Å²) in [6.07, 6.45) is 23.3. The maximum absolute atomic E-state index is 10.5. The highest BCUT2D eigenvalue weighted by molar-refractivity contribution is 5.66. The Labute approximate surface area is 167 Å². The van der Waals surface area contributed by atoms with Crippen molar-refractivity contribution in [3.8, 4) is 0 Å². The number of carbonyl (C=O) groups is 1. The van der Waals surface area contributed by atoms with Crippen molar-refractivity contribution in [1.82, 2.24) is 0 Å². The minimum atomic E-state index is -0.837. The zero-order valence-corrected chi connectivity index (χ0v) is 16.5. The smallest absolute Gasteiger partial charge is 0.303 e. The predicted molar refractivity (Wildman–Crippen MR) is 109 cm³/mol. The summed E-state index contributed by atoms with van der Waals surface area (Å²) in [5.74, 6) is -0.837. The maximum Gasteiger partial charge on any atom is 0.303 e. The SMILES string of the molecule is CC/C=C\C/C=C\C/C=C/C=C/C1CC(C(C/C=C\CCC(=O)O)OO)OO1. The van der Waals surface area contributed by atoms with E-state index in [0.29, 0.717) is 19.3 Å². The van der Waals surface area contributed by atoms with Crippen LogP contribution in [0.1, 0.15) is 51.9 Å². The summed E-state index contributed by atoms with van der Waals surface area (Å²) in [6.45, 7) is 2.12. The Morgan fingerprint density at radius 2 is 1.82 bits per heavy atom. The highest BCUT2D eigenvalue weighted by Crippen LogP contribution is 2.24. The quantitative estimate of drug-likeness (QED) is 0.184. The van der Waals surface area contributed by atoms with Gasteiger partial charge in [-0.1, -0.05) is 67.7 Å². The fourth-order valence-electron chi connectivity index (χ4n) is 2.55. The fraction of sp³-hybridized carbons (Fsp3) is 0.500. The average molecular weight is 392 g/mol. The van der Waals surface area contributed by atoms with Crippen molar-refractivity contribution < 1.29 is 29.8 Å². The van der Waals surface area contributed by atoms with Crippen LogP contribution in [0.4, 0.5) is 0 Å². The van der Waals surface area contributed by atoms with Crippen LogP contribution in [0.2, 0.25) is 0 Å². The summed E-state index contributed by atoms with van der Waals surface area (Å²) < 4.78 is 0. The number of aliphatic carboxylic acids is 1. The molecule has 1 fully saturated rings. The average Bonchev–Trinajstić information content (AvgIpc) is 3.14. The molecule has 1 heterocycles. The molecule has 0 amide bonds. The molecule has 0 aromatic carbocycles. The molecule has 3 unspecified atom stereocenters. The molecule has 1 saturated heterocycles. The van der Waals surface area contributed by atoms with Crippen molar-refractivity contribution in [2.75, 3.05) is 0 Å². The van der Waals surface area contributed by atoms with Crippen LogP contribution in [0.25, 0.3) is 0 Å². The van der Waals surface area contributed by atoms with Crippen molar-refractivity contribution >= 4 is 5.97 Å². The zero-order chi connectivity index (χ0) is 20.5. The first-order chi connectivity index (χ1) is 13.7. The van der Waals surface area contributed by atoms with Gasteiger partial charge in [-0.2, -0.15) is 0 Å². The summed E-state index contributed by atoms with van der Waals surface area (Å²) in [7, 11) is 0. The molecule has 0 aromatic rings. The highest BCUT2D eigenvalue weighted by Gasteiger charge is 2.33. The number of hydrogen-bond donors (Lipinski definition) is 2. The van der Waals surface area contributed by atoms with E-state index in [1.54, 1.807) is 12.2 Å². The van der Waals surface area contributed by atoms with Gasteiger partial charge >= 0.3 is 5.97 Å². The molecule has 0 radical (unpaired) electrons. The molecule has 0 aromatic heterocycles. The third-order valence-electron chi connectivity index (χ3n) is 4.06. The summed E-state index contributed by atoms with van der Waals surface area (Å²) >= 11 is 0. The lowest BCUT2D eigenvalue weighted by Crippen LogP contribution is -2.27. The molecule has 156 valence electrons. The lowest BCUT2D eigenvalue weighted by molar-refractivity contribution is -0.347. The van der Waals surface area contributed by atoms with Gasteiger partial charge in [-0.25, -0.2) is 14.7 Å². The van der Waals surface area contributed by atoms with Gasteiger partial charge in [0.25, 0.3) is 0 Å². The van der Waals surface area contributed by atoms with Crippen LogP contribution in [0.15, 0.2) is 60.8 Å². The minimum Gasteiger partial charge on any atom is -0.481 e. The van der Waals surface area contributed by atoms with Crippen molar-refractivity contribution in [2.45, 2.75) is 70.2 Å². The van der Waals surface area contributed by atoms with Crippen LogP contribution < -0.4 is 0 Å². The fourth-order valence-corrected chi connectivity index (χ4v) is 2.55. The third kappa shape index (κ3) is 11.7. The second kappa shape index (κ2) is 16.0. The van der Waals surface area contributed by atoms with Crippen molar-refractivity contribution in [3.63, 3.8) is 0 Å². The number of hydrogen-bond acceptors (Lipinski definition) is 5. The number of carboxylic acid groups (broad SMARTS) is 1. The molecular weight excluding hydrogens is 360 g/mol. The van der Waals surface area contributed by atoms with Gasteiger partial charge in [0.05, 0.1) is 0 Å². The molecule has 0 aliphatic carbocycles. The number of allylic oxidation sites excluding steroid dienone is 8. The molecule has 0 bridgehead atoms. The monoisotopic (exact) mass is 392 g/mol. The van der Waals surface area contributed by atoms with Crippen LogP contribution in [0.3, 0.4) is 0 Å². The van der Waals surface area contributed by atoms with Crippen LogP contribution in [-0.2, 0) is 19.5 Å². The van der Waals surface area contributed by atoms with Gasteiger partial charge < -0.3 is 5.11 Å². The molecule has 1 rings (SSSR count). The molecule has 6 heteroatoms. The topological polar surface area (TPSA) is 85.2 Å². The second-order valence-electron chi connectivity index (χ2n) is 6.42. The Bertz CT molecular complexity index is 561. The Morgan fingerprint density at radius 1 is 1.07 bits per heavy atom. The summed E-state index contributed by atoms with van der Waals surface area (Å²) in [6, 6.07) is 0. The van der Waals surface area contributed by atoms with Crippen molar-refractivity contribution in [2.24, 2.45) is 0 Å². The molecule has 1 aliphatic rings. The third-order valence-corrected chi connectivity index (χ3v) is 4.06. The van der Waals surface area contributed by atoms with Gasteiger partial charge in [-0.15, -0.1) is 0 Å². The Morgan fingerprint density at radius 3 is 2.54 bits per heavy atom. The van der Waals surface area contributed by atoms with Crippen LogP contribution in [0.5, 0.6) is 0 Å². The first kappa shape index (κ1) is 24.0. The van der Waals surface area contributed by atoms with Gasteiger partial charge in [0.2, 0.25) is 0 Å². The van der Waals surface area contributed by atoms with Gasteiger partial charge in [0.15, 0.2) is 0 Å². The summed E-state index contributed by atoms with van der Waals surface area (Å²) in [4.78, 5) is 25.5. The molecule has 0 spiro atoms. The van der Waals surface area contributed by atoms with Crippen LogP contribution >= 0.6 is 0 Å². The molecule has 6 nitrogen and oxygen atoms in total.